The molecule has 162 valence electrons. The number of benzene rings is 1. The molecule has 2 fully saturated rings. The first kappa shape index (κ1) is 22.6. The Morgan fingerprint density at radius 3 is 2.23 bits per heavy atom. The number of likely N-dealkylation sites (tertiary alicyclic amines) is 1. The van der Waals surface area contributed by atoms with Crippen molar-refractivity contribution in [2.75, 3.05) is 13.1 Å². The van der Waals surface area contributed by atoms with E-state index < -0.39 is 5.60 Å². The van der Waals surface area contributed by atoms with Gasteiger partial charge in [-0.2, -0.15) is 0 Å². The highest BCUT2D eigenvalue weighted by molar-refractivity contribution is 6.45. The quantitative estimate of drug-likeness (QED) is 0.501. The molecule has 1 amide bonds. The molecule has 2 saturated heterocycles. The standard InChI is InChI=1S/C23H33BN2O4/c1-21(2,3)28-20(27)26-14-17(13-24-29-22(4,5)23(6,7)30-24)19(15-26)16-9-11-18(25-8)12-10-16/h9-12,17,19H,13-15H2,1-7H3/t17-,19?/m1/s1. The number of nitrogens with zero attached hydrogens (tertiary/aromatic N) is 2. The predicted molar refractivity (Wildman–Crippen MR) is 118 cm³/mol. The van der Waals surface area contributed by atoms with Crippen LogP contribution in [0.3, 0.4) is 0 Å². The number of ether oxygens (including phenoxy) is 1. The fourth-order valence-electron chi connectivity index (χ4n) is 4.07. The maximum Gasteiger partial charge on any atom is 0.458 e. The van der Waals surface area contributed by atoms with Gasteiger partial charge >= 0.3 is 13.2 Å². The van der Waals surface area contributed by atoms with Crippen LogP contribution in [0, 0.1) is 12.5 Å². The van der Waals surface area contributed by atoms with E-state index in [1.807, 2.05) is 45.0 Å². The third kappa shape index (κ3) is 4.82. The molecule has 0 aliphatic carbocycles. The summed E-state index contributed by atoms with van der Waals surface area (Å²) in [6.45, 7) is 22.2. The van der Waals surface area contributed by atoms with E-state index in [-0.39, 0.29) is 36.2 Å². The molecule has 2 aliphatic heterocycles. The zero-order chi connectivity index (χ0) is 22.3. The Balaban J connectivity index is 1.80. The van der Waals surface area contributed by atoms with Crippen molar-refractivity contribution in [1.82, 2.24) is 4.90 Å². The minimum absolute atomic E-state index is 0.135. The first-order chi connectivity index (χ1) is 13.8. The Morgan fingerprint density at radius 1 is 1.17 bits per heavy atom. The second-order valence-electron chi connectivity index (χ2n) is 10.4. The van der Waals surface area contributed by atoms with Gasteiger partial charge in [-0.05, 0) is 66.3 Å². The van der Waals surface area contributed by atoms with Crippen molar-refractivity contribution in [1.29, 1.82) is 0 Å². The van der Waals surface area contributed by atoms with Gasteiger partial charge in [-0.1, -0.05) is 24.3 Å². The summed E-state index contributed by atoms with van der Waals surface area (Å²) in [5, 5.41) is 0. The van der Waals surface area contributed by atoms with Crippen LogP contribution in [0.4, 0.5) is 10.5 Å². The fraction of sp³-hybridized carbons (Fsp3) is 0.652. The molecule has 2 atom stereocenters. The van der Waals surface area contributed by atoms with Crippen molar-refractivity contribution in [2.45, 2.75) is 77.5 Å². The Morgan fingerprint density at radius 2 is 1.73 bits per heavy atom. The normalized spacial score (nSPS) is 25.3. The lowest BCUT2D eigenvalue weighted by molar-refractivity contribution is 0.00578. The molecule has 6 nitrogen and oxygen atoms in total. The summed E-state index contributed by atoms with van der Waals surface area (Å²) in [5.74, 6) is 0.308. The van der Waals surface area contributed by atoms with Crippen molar-refractivity contribution >= 4 is 18.9 Å². The highest BCUT2D eigenvalue weighted by atomic mass is 16.7. The minimum atomic E-state index is -0.534. The van der Waals surface area contributed by atoms with Crippen LogP contribution in [0.2, 0.25) is 6.32 Å². The summed E-state index contributed by atoms with van der Waals surface area (Å²) in [6, 6.07) is 7.66. The Kier molecular flexibility index (Phi) is 5.96. The Labute approximate surface area is 180 Å². The van der Waals surface area contributed by atoms with Gasteiger partial charge in [0.1, 0.15) is 5.60 Å². The van der Waals surface area contributed by atoms with E-state index in [9.17, 15) is 4.79 Å². The number of carbonyl (C=O) groups excluding carboxylic acids is 1. The van der Waals surface area contributed by atoms with Gasteiger partial charge in [0, 0.05) is 19.0 Å². The van der Waals surface area contributed by atoms with Crippen molar-refractivity contribution < 1.29 is 18.8 Å². The SMILES string of the molecule is [C-]#[N+]c1ccc(C2CN(C(=O)OC(C)(C)C)C[C@H]2CB2OC(C)(C)C(C)(C)O2)cc1. The van der Waals surface area contributed by atoms with Gasteiger partial charge in [0.25, 0.3) is 0 Å². The van der Waals surface area contributed by atoms with Gasteiger partial charge in [0.15, 0.2) is 5.69 Å². The lowest BCUT2D eigenvalue weighted by Gasteiger charge is -2.32. The third-order valence-electron chi connectivity index (χ3n) is 6.34. The number of carbonyl (C=O) groups is 1. The van der Waals surface area contributed by atoms with Crippen LogP contribution in [0.25, 0.3) is 4.85 Å². The predicted octanol–water partition coefficient (Wildman–Crippen LogP) is 5.28. The first-order valence-corrected chi connectivity index (χ1v) is 10.6. The summed E-state index contributed by atoms with van der Waals surface area (Å²) in [4.78, 5) is 18.0. The maximum absolute atomic E-state index is 12.7. The molecule has 2 aliphatic rings. The lowest BCUT2D eigenvalue weighted by Crippen LogP contribution is -2.41. The molecule has 1 aromatic carbocycles. The van der Waals surface area contributed by atoms with Crippen LogP contribution >= 0.6 is 0 Å². The summed E-state index contributed by atoms with van der Waals surface area (Å²) in [5.41, 5.74) is 0.438. The summed E-state index contributed by atoms with van der Waals surface area (Å²) in [6.07, 6.45) is 0.406. The third-order valence-corrected chi connectivity index (χ3v) is 6.34. The van der Waals surface area contributed by atoms with Crippen LogP contribution < -0.4 is 0 Å². The van der Waals surface area contributed by atoms with E-state index in [1.54, 1.807) is 4.90 Å². The van der Waals surface area contributed by atoms with E-state index in [0.29, 0.717) is 25.1 Å². The second kappa shape index (κ2) is 7.90. The molecule has 3 rings (SSSR count). The molecule has 0 saturated carbocycles. The highest BCUT2D eigenvalue weighted by Gasteiger charge is 2.52. The van der Waals surface area contributed by atoms with E-state index in [4.69, 9.17) is 20.6 Å². The summed E-state index contributed by atoms with van der Waals surface area (Å²) < 4.78 is 18.1. The van der Waals surface area contributed by atoms with Crippen LogP contribution in [0.5, 0.6) is 0 Å². The molecule has 0 radical (unpaired) electrons. The zero-order valence-electron chi connectivity index (χ0n) is 19.2. The van der Waals surface area contributed by atoms with Crippen LogP contribution in [-0.4, -0.2) is 48.0 Å². The molecule has 7 heteroatoms. The highest BCUT2D eigenvalue weighted by Crippen LogP contribution is 2.42. The average Bonchev–Trinajstić information content (AvgIpc) is 3.11. The molecule has 0 N–H and O–H groups in total. The fourth-order valence-corrected chi connectivity index (χ4v) is 4.07. The number of amides is 1. The van der Waals surface area contributed by atoms with Gasteiger partial charge in [-0.15, -0.1) is 0 Å². The minimum Gasteiger partial charge on any atom is -0.444 e. The summed E-state index contributed by atoms with van der Waals surface area (Å²) in [7, 11) is -0.316. The number of hydrogen-bond donors (Lipinski definition) is 0. The van der Waals surface area contributed by atoms with Crippen molar-refractivity contribution in [3.05, 3.63) is 41.2 Å². The van der Waals surface area contributed by atoms with Gasteiger partial charge in [0.05, 0.1) is 17.8 Å². The molecular weight excluding hydrogens is 379 g/mol. The van der Waals surface area contributed by atoms with Crippen LogP contribution in [-0.2, 0) is 14.0 Å². The molecule has 0 aromatic heterocycles. The van der Waals surface area contributed by atoms with E-state index in [0.717, 1.165) is 5.56 Å². The summed E-state index contributed by atoms with van der Waals surface area (Å²) >= 11 is 0. The largest absolute Gasteiger partial charge is 0.458 e. The zero-order valence-corrected chi connectivity index (χ0v) is 19.2. The van der Waals surface area contributed by atoms with Gasteiger partial charge in [0.2, 0.25) is 0 Å². The van der Waals surface area contributed by atoms with Crippen molar-refractivity contribution in [3.8, 4) is 0 Å². The average molecular weight is 412 g/mol. The maximum atomic E-state index is 12.7. The van der Waals surface area contributed by atoms with Gasteiger partial charge < -0.3 is 18.9 Å². The molecule has 1 unspecified atom stereocenters. The van der Waals surface area contributed by atoms with E-state index in [2.05, 4.69) is 32.5 Å². The van der Waals surface area contributed by atoms with E-state index >= 15 is 0 Å². The van der Waals surface area contributed by atoms with Crippen molar-refractivity contribution in [3.63, 3.8) is 0 Å². The molecule has 0 bridgehead atoms. The van der Waals surface area contributed by atoms with Gasteiger partial charge in [-0.3, -0.25) is 0 Å². The Hall–Kier alpha value is -2.04. The second-order valence-corrected chi connectivity index (χ2v) is 10.4. The van der Waals surface area contributed by atoms with Crippen LogP contribution in [0.1, 0.15) is 59.9 Å². The molecular formula is C23H33BN2O4. The number of rotatable bonds is 3. The topological polar surface area (TPSA) is 52.4 Å². The molecule has 2 heterocycles. The monoisotopic (exact) mass is 412 g/mol. The molecule has 1 aromatic rings. The van der Waals surface area contributed by atoms with E-state index in [1.165, 1.54) is 0 Å². The lowest BCUT2D eigenvalue weighted by atomic mass is 9.72. The molecule has 0 spiro atoms. The Bertz CT molecular complexity index is 807. The first-order valence-electron chi connectivity index (χ1n) is 10.6. The molecule has 30 heavy (non-hydrogen) atoms. The number of hydrogen-bond acceptors (Lipinski definition) is 4. The smallest absolute Gasteiger partial charge is 0.444 e. The van der Waals surface area contributed by atoms with Crippen LogP contribution in [0.15, 0.2) is 24.3 Å². The van der Waals surface area contributed by atoms with Crippen molar-refractivity contribution in [2.24, 2.45) is 5.92 Å². The van der Waals surface area contributed by atoms with Gasteiger partial charge in [-0.25, -0.2) is 9.64 Å².